The Hall–Kier alpha value is -3.16. The van der Waals surface area contributed by atoms with Gasteiger partial charge < -0.3 is 4.74 Å². The van der Waals surface area contributed by atoms with Gasteiger partial charge in [0.05, 0.1) is 18.5 Å². The van der Waals surface area contributed by atoms with E-state index in [0.717, 1.165) is 27.6 Å². The molecule has 3 rings (SSSR count). The van der Waals surface area contributed by atoms with Gasteiger partial charge in [0, 0.05) is 41.9 Å². The van der Waals surface area contributed by atoms with E-state index in [0.29, 0.717) is 30.9 Å². The number of fused-ring (bicyclic) bond motifs is 1. The second kappa shape index (κ2) is 8.69. The molecule has 0 spiro atoms. The molecule has 0 saturated heterocycles. The standard InChI is InChI=1S/C20H23N5O3/c1-4-25-20-16(11-22-25)19(14-8-13(3)9-21-10-14)15(17(24-20)12-23-27)6-7-18(26)28-5-2/h8-11H,4-7,12H2,1-3H3. The van der Waals surface area contributed by atoms with Crippen LogP contribution >= 0.6 is 0 Å². The summed E-state index contributed by atoms with van der Waals surface area (Å²) in [7, 11) is 0. The highest BCUT2D eigenvalue weighted by atomic mass is 16.5. The van der Waals surface area contributed by atoms with Gasteiger partial charge in [-0.15, -0.1) is 0 Å². The van der Waals surface area contributed by atoms with Crippen LogP contribution in [0.3, 0.4) is 0 Å². The van der Waals surface area contributed by atoms with E-state index in [1.807, 2.05) is 19.9 Å². The van der Waals surface area contributed by atoms with Crippen molar-refractivity contribution < 1.29 is 9.53 Å². The summed E-state index contributed by atoms with van der Waals surface area (Å²) in [5, 5.41) is 8.34. The molecule has 0 amide bonds. The molecule has 0 aromatic carbocycles. The molecule has 0 radical (unpaired) electrons. The Labute approximate surface area is 162 Å². The second-order valence-electron chi connectivity index (χ2n) is 6.45. The first-order valence-corrected chi connectivity index (χ1v) is 9.33. The van der Waals surface area contributed by atoms with E-state index in [2.05, 4.69) is 20.2 Å². The number of ether oxygens (including phenoxy) is 1. The number of hydrogen-bond acceptors (Lipinski definition) is 7. The highest BCUT2D eigenvalue weighted by Crippen LogP contribution is 2.34. The number of carbonyl (C=O) groups excluding carboxylic acids is 1. The third-order valence-electron chi connectivity index (χ3n) is 4.53. The van der Waals surface area contributed by atoms with Crippen molar-refractivity contribution in [1.82, 2.24) is 19.7 Å². The van der Waals surface area contributed by atoms with Crippen LogP contribution in [0.25, 0.3) is 22.2 Å². The summed E-state index contributed by atoms with van der Waals surface area (Å²) < 4.78 is 6.85. The van der Waals surface area contributed by atoms with E-state index in [4.69, 9.17) is 4.74 Å². The lowest BCUT2D eigenvalue weighted by molar-refractivity contribution is -0.143. The SMILES string of the molecule is CCOC(=O)CCc1c(CN=O)nc2c(cnn2CC)c1-c1cncc(C)c1. The predicted molar refractivity (Wildman–Crippen MR) is 106 cm³/mol. The third kappa shape index (κ3) is 3.90. The van der Waals surface area contributed by atoms with Crippen LogP contribution in [0.2, 0.25) is 0 Å². The van der Waals surface area contributed by atoms with Gasteiger partial charge in [-0.2, -0.15) is 10.0 Å². The summed E-state index contributed by atoms with van der Waals surface area (Å²) in [4.78, 5) is 32.0. The molecule has 0 aliphatic heterocycles. The van der Waals surface area contributed by atoms with Crippen LogP contribution < -0.4 is 0 Å². The van der Waals surface area contributed by atoms with Gasteiger partial charge in [-0.05, 0) is 44.4 Å². The lowest BCUT2D eigenvalue weighted by atomic mass is 9.93. The zero-order valence-corrected chi connectivity index (χ0v) is 16.3. The van der Waals surface area contributed by atoms with E-state index >= 15 is 0 Å². The molecule has 0 saturated carbocycles. The molecule has 3 heterocycles. The first-order chi connectivity index (χ1) is 13.6. The molecule has 3 aromatic rings. The highest BCUT2D eigenvalue weighted by Gasteiger charge is 2.21. The molecular weight excluding hydrogens is 358 g/mol. The van der Waals surface area contributed by atoms with Crippen LogP contribution in [0.15, 0.2) is 29.8 Å². The molecule has 146 valence electrons. The van der Waals surface area contributed by atoms with Crippen LogP contribution in [0.5, 0.6) is 0 Å². The molecule has 8 nitrogen and oxygen atoms in total. The maximum atomic E-state index is 11.9. The summed E-state index contributed by atoms with van der Waals surface area (Å²) in [5.74, 6) is -0.287. The van der Waals surface area contributed by atoms with E-state index in [1.54, 1.807) is 30.2 Å². The van der Waals surface area contributed by atoms with Crippen LogP contribution in [0, 0.1) is 11.8 Å². The fourth-order valence-electron chi connectivity index (χ4n) is 3.35. The quantitative estimate of drug-likeness (QED) is 0.437. The monoisotopic (exact) mass is 381 g/mol. The number of aryl methyl sites for hydroxylation is 2. The molecular formula is C20H23N5O3. The molecule has 28 heavy (non-hydrogen) atoms. The number of pyridine rings is 2. The number of esters is 1. The lowest BCUT2D eigenvalue weighted by Crippen LogP contribution is -2.09. The van der Waals surface area contributed by atoms with Crippen molar-refractivity contribution in [2.75, 3.05) is 6.61 Å². The number of rotatable bonds is 8. The number of nitroso groups, excluding NO2 is 1. The lowest BCUT2D eigenvalue weighted by Gasteiger charge is -2.15. The van der Waals surface area contributed by atoms with Gasteiger partial charge in [0.1, 0.15) is 6.54 Å². The zero-order chi connectivity index (χ0) is 20.1. The Morgan fingerprint density at radius 1 is 1.25 bits per heavy atom. The van der Waals surface area contributed by atoms with Crippen LogP contribution in [-0.4, -0.2) is 32.3 Å². The smallest absolute Gasteiger partial charge is 0.306 e. The van der Waals surface area contributed by atoms with Crippen molar-refractivity contribution >= 4 is 17.0 Å². The average Bonchev–Trinajstić information content (AvgIpc) is 3.08. The van der Waals surface area contributed by atoms with Crippen molar-refractivity contribution in [3.63, 3.8) is 0 Å². The maximum Gasteiger partial charge on any atom is 0.306 e. The molecule has 0 N–H and O–H groups in total. The fourth-order valence-corrected chi connectivity index (χ4v) is 3.35. The summed E-state index contributed by atoms with van der Waals surface area (Å²) in [6.45, 7) is 6.63. The largest absolute Gasteiger partial charge is 0.466 e. The van der Waals surface area contributed by atoms with E-state index in [-0.39, 0.29) is 18.9 Å². The van der Waals surface area contributed by atoms with Crippen molar-refractivity contribution in [1.29, 1.82) is 0 Å². The van der Waals surface area contributed by atoms with Gasteiger partial charge in [0.25, 0.3) is 0 Å². The van der Waals surface area contributed by atoms with Crippen molar-refractivity contribution in [3.8, 4) is 11.1 Å². The molecule has 8 heteroatoms. The van der Waals surface area contributed by atoms with Crippen LogP contribution in [0.1, 0.15) is 37.1 Å². The molecule has 0 fully saturated rings. The average molecular weight is 381 g/mol. The Kier molecular flexibility index (Phi) is 6.08. The van der Waals surface area contributed by atoms with E-state index in [1.165, 1.54) is 0 Å². The zero-order valence-electron chi connectivity index (χ0n) is 16.3. The number of hydrogen-bond donors (Lipinski definition) is 0. The van der Waals surface area contributed by atoms with Gasteiger partial charge in [-0.25, -0.2) is 9.67 Å². The molecule has 3 aromatic heterocycles. The van der Waals surface area contributed by atoms with Crippen molar-refractivity contribution in [3.05, 3.63) is 46.4 Å². The predicted octanol–water partition coefficient (Wildman–Crippen LogP) is 3.58. The first kappa shape index (κ1) is 19.6. The molecule has 0 aliphatic carbocycles. The number of aromatic nitrogens is 4. The first-order valence-electron chi connectivity index (χ1n) is 9.33. The van der Waals surface area contributed by atoms with Gasteiger partial charge in [-0.3, -0.25) is 9.78 Å². The second-order valence-corrected chi connectivity index (χ2v) is 6.45. The highest BCUT2D eigenvalue weighted by molar-refractivity contribution is 5.95. The Balaban J connectivity index is 2.24. The minimum Gasteiger partial charge on any atom is -0.466 e. The molecule has 0 atom stereocenters. The van der Waals surface area contributed by atoms with Gasteiger partial charge in [0.15, 0.2) is 5.65 Å². The summed E-state index contributed by atoms with van der Waals surface area (Å²) in [6, 6.07) is 2.02. The number of carbonyl (C=O) groups is 1. The number of nitrogens with zero attached hydrogens (tertiary/aromatic N) is 5. The Morgan fingerprint density at radius 3 is 2.75 bits per heavy atom. The molecule has 0 aliphatic rings. The van der Waals surface area contributed by atoms with Gasteiger partial charge >= 0.3 is 5.97 Å². The molecule has 0 bridgehead atoms. The van der Waals surface area contributed by atoms with Crippen LogP contribution in [0.4, 0.5) is 0 Å². The minimum absolute atomic E-state index is 0.0742. The normalized spacial score (nSPS) is 11.0. The Bertz CT molecular complexity index is 1010. The summed E-state index contributed by atoms with van der Waals surface area (Å²) >= 11 is 0. The minimum atomic E-state index is -0.287. The fraction of sp³-hybridized carbons (Fsp3) is 0.400. The topological polar surface area (TPSA) is 99.3 Å². The van der Waals surface area contributed by atoms with Crippen LogP contribution in [-0.2, 0) is 29.0 Å². The Morgan fingerprint density at radius 2 is 2.07 bits per heavy atom. The van der Waals surface area contributed by atoms with Gasteiger partial charge in [-0.1, -0.05) is 5.18 Å². The summed E-state index contributed by atoms with van der Waals surface area (Å²) in [6.07, 6.45) is 5.92. The maximum absolute atomic E-state index is 11.9. The third-order valence-corrected chi connectivity index (χ3v) is 4.53. The van der Waals surface area contributed by atoms with E-state index < -0.39 is 0 Å². The van der Waals surface area contributed by atoms with Crippen molar-refractivity contribution in [2.45, 2.75) is 46.7 Å². The summed E-state index contributed by atoms with van der Waals surface area (Å²) in [5.41, 5.74) is 4.86. The molecule has 0 unspecified atom stereocenters. The van der Waals surface area contributed by atoms with E-state index in [9.17, 15) is 9.70 Å². The van der Waals surface area contributed by atoms with Crippen molar-refractivity contribution in [2.24, 2.45) is 5.18 Å². The van der Waals surface area contributed by atoms with Gasteiger partial charge in [0.2, 0.25) is 0 Å².